The molecule has 24 nitrogen and oxygen atoms in total. The van der Waals surface area contributed by atoms with Gasteiger partial charge in [-0.25, -0.2) is 0 Å². The molecule has 0 aromatic heterocycles. The molecular formula is C81H130B10N16O8Y6-6. The zero-order valence-corrected chi connectivity index (χ0v) is 87.5. The summed E-state index contributed by atoms with van der Waals surface area (Å²) in [5.41, 5.74) is 5.51. The summed E-state index contributed by atoms with van der Waals surface area (Å²) in [6.07, 6.45) is 10.4. The Morgan fingerprint density at radius 3 is 0.835 bits per heavy atom. The van der Waals surface area contributed by atoms with Gasteiger partial charge >= 0.3 is 0 Å². The molecule has 636 valence electrons. The van der Waals surface area contributed by atoms with Crippen LogP contribution in [0, 0.1) is 5.92 Å². The molecule has 10 heterocycles. The summed E-state index contributed by atoms with van der Waals surface area (Å²) >= 11 is 0. The van der Waals surface area contributed by atoms with Gasteiger partial charge in [0.1, 0.15) is 5.78 Å². The Balaban J connectivity index is -0.000000170. The van der Waals surface area contributed by atoms with Crippen molar-refractivity contribution in [2.24, 2.45) is 5.92 Å². The number of Topliss-reactive ketones (excluding diaryl/α,β-unsaturated/α-hetero) is 1. The van der Waals surface area contributed by atoms with Crippen LogP contribution in [0.15, 0.2) is 121 Å². The fourth-order valence-corrected chi connectivity index (χ4v) is 13.1. The third kappa shape index (κ3) is 59.1. The fourth-order valence-electron chi connectivity index (χ4n) is 13.1. The van der Waals surface area contributed by atoms with Crippen LogP contribution >= 0.6 is 0 Å². The minimum atomic E-state index is -0.667. The Bertz CT molecular complexity index is 2970. The Hall–Kier alpha value is -0.0873. The standard InChI is InChI=1S/C21H24N3O.C17H19N.C10H16N3O2.C8H14N3O.C6H11N2O.C5H9N2O.C5H12N2.C3H6O.C2H3O.4CH4.B4.B3.B2.B.6Y/c25-17-22-11-13-23(14-12-22)20-15-24(16-20)21(18-7-3-1-4-8-18)19-9-5-2-6-10-19;1-14-12-18(13-14)17(15-8-4-2-5-9-15)16-10-6-3-7-11-16;1-9(15)13-6-10(7-13)12-4-2-11(8-14)3-5-12;12-7-10-1-3-11(4-2-10)8-5-9-6-8;1-7-2-4-8(6-9)5-3-7;8-5-7-3-1-6-2-4-7;1-7-4-2-6-3-5-7;1-3(2)4;1-2-3;;;;;1-4(2)3;1-3-2;1-2;;;;;;;/h1-10,20-21H,11-16H2;2-11,14,17H,12-13H2,1H3;10H,2-7H2,1H3;8-9H,1-6H2;2-5H2,1H3;6H,1-4H2;6H,2-5H2,1H3;1-2H3;1H3;4*1H4;;;;;;;;;;/q-1;;4*-1;;;-1;;;;;;;;;;;;;;. The maximum atomic E-state index is 11.0. The van der Waals surface area contributed by atoms with Gasteiger partial charge in [0.15, 0.2) is 0 Å². The molecule has 0 aliphatic carbocycles. The minimum absolute atomic E-state index is 0. The van der Waals surface area contributed by atoms with Crippen LogP contribution in [-0.4, -0.2) is 431 Å². The predicted octanol–water partition coefficient (Wildman–Crippen LogP) is 0.631. The second kappa shape index (κ2) is 86.6. The summed E-state index contributed by atoms with van der Waals surface area (Å²) in [4.78, 5) is 108. The van der Waals surface area contributed by atoms with Gasteiger partial charge in [-0.15, -0.1) is 0 Å². The van der Waals surface area contributed by atoms with Crippen molar-refractivity contribution in [3.8, 4) is 0 Å². The number of likely N-dealkylation sites (tertiary alicyclic amines) is 3. The van der Waals surface area contributed by atoms with E-state index in [1.165, 1.54) is 75.5 Å². The van der Waals surface area contributed by atoms with Crippen LogP contribution in [0.1, 0.15) is 98.7 Å². The van der Waals surface area contributed by atoms with Crippen LogP contribution in [0.2, 0.25) is 0 Å². The Morgan fingerprint density at radius 2 is 0.620 bits per heavy atom. The Kier molecular flexibility index (Phi) is 99.4. The normalized spacial score (nSPS) is 17.3. The van der Waals surface area contributed by atoms with Crippen LogP contribution in [-0.2, 0) is 235 Å². The van der Waals surface area contributed by atoms with E-state index < -0.39 is 6.39 Å². The number of nitrogens with zero attached hydrogens (tertiary/aromatic N) is 13. The zero-order chi connectivity index (χ0) is 80.9. The van der Waals surface area contributed by atoms with Crippen LogP contribution in [0.4, 0.5) is 0 Å². The molecule has 14 rings (SSSR count). The fraction of sp³-hybridized carbons (Fsp3) is 0.605. The summed E-state index contributed by atoms with van der Waals surface area (Å²) in [5, 5.41) is 9.65. The van der Waals surface area contributed by atoms with Gasteiger partial charge in [-0.2, -0.15) is 39.0 Å². The Morgan fingerprint density at radius 1 is 0.397 bits per heavy atom. The predicted molar refractivity (Wildman–Crippen MR) is 482 cm³/mol. The summed E-state index contributed by atoms with van der Waals surface area (Å²) in [6, 6.07) is 45.8. The monoisotopic (exact) mass is 2100 g/mol. The van der Waals surface area contributed by atoms with Gasteiger partial charge in [0.2, 0.25) is 5.91 Å². The quantitative estimate of drug-likeness (QED) is 0.117. The molecule has 24 radical (unpaired) electrons. The van der Waals surface area contributed by atoms with E-state index in [0.717, 1.165) is 202 Å². The maximum absolute atomic E-state index is 11.0. The molecule has 4 aromatic rings. The number of rotatable bonds is 14. The number of ketones is 1. The minimum Gasteiger partial charge on any atom is -0.542 e. The van der Waals surface area contributed by atoms with Crippen molar-refractivity contribution in [1.29, 1.82) is 0 Å². The van der Waals surface area contributed by atoms with E-state index in [-0.39, 0.29) is 246 Å². The van der Waals surface area contributed by atoms with E-state index >= 15 is 0 Å². The molecule has 10 aliphatic rings. The van der Waals surface area contributed by atoms with Crippen LogP contribution < -0.4 is 16.0 Å². The van der Waals surface area contributed by atoms with Crippen molar-refractivity contribution in [2.75, 3.05) is 224 Å². The van der Waals surface area contributed by atoms with Crippen molar-refractivity contribution in [1.82, 2.24) is 79.6 Å². The van der Waals surface area contributed by atoms with E-state index in [0.29, 0.717) is 24.2 Å². The number of nitrogens with one attached hydrogen (secondary N) is 3. The SMILES string of the molecule is C.C.C.C.CC(=O)N1CC(N2CCN([C-]=O)CC2)C1.CC(C)=O.CC1CN(C(c2ccccc2)c2ccccc2)C1.CN1CCN([C-]=O)CC1.CN1CCNCC1.C[C-]=O.O=[C-]N1CCN(C2CN(C(c3ccccc3)c3ccccc3)C2)CC1.O=[C-]N1CCN(C2CNC2)CC1.O=[C-]N1CCNCC1.[B].[B]B([B])[B].[B][B].[B][B][B].[Y].[Y].[Y].[Y].[Y].[Y]. The van der Waals surface area contributed by atoms with Crippen molar-refractivity contribution < 1.29 is 235 Å². The molecule has 10 saturated heterocycles. The molecule has 0 spiro atoms. The van der Waals surface area contributed by atoms with E-state index in [4.69, 9.17) is 4.79 Å². The third-order valence-corrected chi connectivity index (χ3v) is 19.3. The number of hydrogen-bond donors (Lipinski definition) is 3. The van der Waals surface area contributed by atoms with Crippen molar-refractivity contribution in [2.45, 2.75) is 94.5 Å². The first-order valence-corrected chi connectivity index (χ1v) is 38.1. The molecule has 0 atom stereocenters. The average Bonchev–Trinajstić information content (AvgIpc) is 0.778. The smallest absolute Gasteiger partial charge is 0.219 e. The molecular weight excluding hydrogens is 1970 g/mol. The number of hydrogen-bond acceptors (Lipinski definition) is 18. The number of carbonyl (C=O) groups excluding carboxylic acids is 8. The molecule has 40 heteroatoms. The van der Waals surface area contributed by atoms with Crippen LogP contribution in [0.5, 0.6) is 0 Å². The number of likely N-dealkylation sites (N-methyl/N-ethyl adjacent to an activating group) is 2. The van der Waals surface area contributed by atoms with Gasteiger partial charge in [0, 0.05) is 507 Å². The second-order valence-corrected chi connectivity index (χ2v) is 28.0. The first-order chi connectivity index (χ1) is 53.2. The van der Waals surface area contributed by atoms with E-state index in [2.05, 4.69) is 247 Å². The van der Waals surface area contributed by atoms with Gasteiger partial charge in [-0.1, -0.05) is 158 Å². The molecule has 0 bridgehead atoms. The summed E-state index contributed by atoms with van der Waals surface area (Å²) < 4.78 is 0. The van der Waals surface area contributed by atoms with Crippen molar-refractivity contribution in [3.05, 3.63) is 144 Å². The largest absolute Gasteiger partial charge is 0.542 e. The molecule has 4 aromatic carbocycles. The maximum Gasteiger partial charge on any atom is 0.219 e. The molecule has 10 fully saturated rings. The first kappa shape index (κ1) is 139. The van der Waals surface area contributed by atoms with Gasteiger partial charge in [0.25, 0.3) is 0 Å². The summed E-state index contributed by atoms with van der Waals surface area (Å²) in [7, 11) is 36.2. The van der Waals surface area contributed by atoms with Gasteiger partial charge in [-0.05, 0) is 56.1 Å². The third-order valence-electron chi connectivity index (χ3n) is 19.3. The number of amides is 6. The summed E-state index contributed by atoms with van der Waals surface area (Å²) in [5.74, 6) is 1.16. The van der Waals surface area contributed by atoms with Gasteiger partial charge in [0.05, 0.1) is 12.1 Å². The Labute approximate surface area is 896 Å². The average molecular weight is 2100 g/mol. The van der Waals surface area contributed by atoms with Gasteiger partial charge < -0.3 is 88.7 Å². The molecule has 6 amide bonds. The number of carbonyl (C=O) groups is 2. The number of benzene rings is 4. The van der Waals surface area contributed by atoms with Crippen molar-refractivity contribution in [3.63, 3.8) is 0 Å². The number of piperazine rings is 6. The molecule has 0 unspecified atom stereocenters. The van der Waals surface area contributed by atoms with Crippen molar-refractivity contribution >= 4 is 126 Å². The van der Waals surface area contributed by atoms with Crippen LogP contribution in [0.3, 0.4) is 0 Å². The van der Waals surface area contributed by atoms with E-state index in [9.17, 15) is 33.6 Å². The first-order valence-electron chi connectivity index (χ1n) is 38.1. The molecule has 0 saturated carbocycles. The molecule has 10 aliphatic heterocycles. The van der Waals surface area contributed by atoms with Gasteiger partial charge in [-0.3, -0.25) is 35.6 Å². The summed E-state index contributed by atoms with van der Waals surface area (Å²) in [6.45, 7) is 39.2. The van der Waals surface area contributed by atoms with Crippen LogP contribution in [0.25, 0.3) is 0 Å². The topological polar surface area (TPSA) is 215 Å². The molecule has 121 heavy (non-hydrogen) atoms. The van der Waals surface area contributed by atoms with E-state index in [1.807, 2.05) is 37.0 Å². The zero-order valence-electron chi connectivity index (χ0n) is 70.5. The molecule has 3 N–H and O–H groups in total. The second-order valence-electron chi connectivity index (χ2n) is 28.0. The van der Waals surface area contributed by atoms with E-state index in [1.54, 1.807) is 31.4 Å².